The number of ketones is 2. The molecule has 13 heteroatoms. The number of Topliss-reactive ketones (excluding diaryl/α,β-unsaturated/α-hetero) is 2. The van der Waals surface area contributed by atoms with Crippen molar-refractivity contribution in [3.8, 4) is 0 Å². The summed E-state index contributed by atoms with van der Waals surface area (Å²) < 4.78 is 69.4. The average Bonchev–Trinajstić information content (AvgIpc) is 2.59. The van der Waals surface area contributed by atoms with Crippen molar-refractivity contribution >= 4 is 23.4 Å². The van der Waals surface area contributed by atoms with Crippen LogP contribution < -0.4 is 16.8 Å². The Hall–Kier alpha value is -2.31. The van der Waals surface area contributed by atoms with Crippen LogP contribution in [0.25, 0.3) is 0 Å². The summed E-state index contributed by atoms with van der Waals surface area (Å²) in [4.78, 5) is 40.2. The van der Waals surface area contributed by atoms with Crippen LogP contribution in [0.3, 0.4) is 0 Å². The lowest BCUT2D eigenvalue weighted by Gasteiger charge is -2.27. The summed E-state index contributed by atoms with van der Waals surface area (Å²) >= 11 is 0. The number of guanidine groups is 1. The average molecular weight is 474 g/mol. The van der Waals surface area contributed by atoms with Gasteiger partial charge in [-0.2, -0.15) is 13.2 Å². The Morgan fingerprint density at radius 3 is 2.06 bits per heavy atom. The third-order valence-corrected chi connectivity index (χ3v) is 4.45. The van der Waals surface area contributed by atoms with E-state index in [1.807, 2.05) is 0 Å². The Morgan fingerprint density at radius 2 is 1.66 bits per heavy atom. The molecule has 0 heterocycles. The molecule has 186 valence electrons. The molecule has 0 aliphatic rings. The lowest BCUT2D eigenvalue weighted by atomic mass is 9.89. The van der Waals surface area contributed by atoms with E-state index in [1.54, 1.807) is 13.8 Å². The number of amides is 1. The zero-order valence-electron chi connectivity index (χ0n) is 18.5. The van der Waals surface area contributed by atoms with Gasteiger partial charge in [0.05, 0.1) is 6.04 Å². The first kappa shape index (κ1) is 29.7. The van der Waals surface area contributed by atoms with Gasteiger partial charge in [0.1, 0.15) is 12.4 Å². The summed E-state index contributed by atoms with van der Waals surface area (Å²) in [6.07, 6.45) is -8.94. The first-order valence-corrected chi connectivity index (χ1v) is 9.90. The Kier molecular flexibility index (Phi) is 11.7. The number of rotatable bonds is 14. The van der Waals surface area contributed by atoms with Crippen LogP contribution >= 0.6 is 0 Å². The number of hydrogen-bond donors (Lipinski definition) is 3. The molecule has 5 N–H and O–H groups in total. The smallest absolute Gasteiger partial charge is 0.370 e. The number of carbonyl (C=O) groups is 3. The molecule has 3 atom stereocenters. The highest BCUT2D eigenvalue weighted by atomic mass is 19.4. The molecule has 0 aromatic heterocycles. The normalized spacial score (nSPS) is 15.1. The second-order valence-electron chi connectivity index (χ2n) is 7.92. The van der Waals surface area contributed by atoms with Crippen LogP contribution in [0.5, 0.6) is 0 Å². The van der Waals surface area contributed by atoms with E-state index < -0.39 is 48.5 Å². The number of carbonyl (C=O) groups excluding carboxylic acids is 3. The summed E-state index contributed by atoms with van der Waals surface area (Å²) in [6.45, 7) is 3.43. The molecular weight excluding hydrogens is 443 g/mol. The Bertz CT molecular complexity index is 660. The van der Waals surface area contributed by atoms with Crippen molar-refractivity contribution in [2.75, 3.05) is 13.2 Å². The van der Waals surface area contributed by atoms with Gasteiger partial charge in [0.15, 0.2) is 11.7 Å². The van der Waals surface area contributed by atoms with Crippen molar-refractivity contribution in [1.82, 2.24) is 5.32 Å². The number of aliphatic imine (C=N–C) groups is 1. The van der Waals surface area contributed by atoms with E-state index in [4.69, 9.17) is 11.5 Å². The summed E-state index contributed by atoms with van der Waals surface area (Å²) in [7, 11) is 0. The minimum atomic E-state index is -5.41. The maximum atomic E-state index is 13.3. The fraction of sp³-hybridized carbons (Fsp3) is 0.789. The number of hydrogen-bond acceptors (Lipinski definition) is 5. The van der Waals surface area contributed by atoms with Crippen LogP contribution in [0, 0.1) is 11.8 Å². The van der Waals surface area contributed by atoms with Gasteiger partial charge in [0.25, 0.3) is 5.92 Å². The Labute approximate surface area is 183 Å². The lowest BCUT2D eigenvalue weighted by Crippen LogP contribution is -2.49. The maximum absolute atomic E-state index is 13.3. The molecule has 1 amide bonds. The van der Waals surface area contributed by atoms with E-state index in [-0.39, 0.29) is 50.4 Å². The lowest BCUT2D eigenvalue weighted by molar-refractivity contribution is -0.278. The van der Waals surface area contributed by atoms with E-state index in [2.05, 4.69) is 15.0 Å². The van der Waals surface area contributed by atoms with Crippen molar-refractivity contribution in [3.63, 3.8) is 0 Å². The van der Waals surface area contributed by atoms with Gasteiger partial charge in [-0.1, -0.05) is 13.8 Å². The van der Waals surface area contributed by atoms with E-state index in [1.165, 1.54) is 6.92 Å². The molecule has 0 saturated heterocycles. The van der Waals surface area contributed by atoms with E-state index >= 15 is 0 Å². The molecule has 0 saturated carbocycles. The molecular formula is C19H31F5N4O4. The maximum Gasteiger partial charge on any atom is 0.420 e. The SMILES string of the molecule is CC(=O)CC(C(=O)NC(CCCN=C(N)N)C(=O)COC(C(C)(F)F)C(F)(F)F)C(C)C. The molecule has 8 nitrogen and oxygen atoms in total. The van der Waals surface area contributed by atoms with Crippen LogP contribution in [0.2, 0.25) is 0 Å². The van der Waals surface area contributed by atoms with Gasteiger partial charge in [0, 0.05) is 25.8 Å². The number of nitrogens with zero attached hydrogens (tertiary/aromatic N) is 1. The second-order valence-corrected chi connectivity index (χ2v) is 7.92. The monoisotopic (exact) mass is 474 g/mol. The highest BCUT2D eigenvalue weighted by molar-refractivity contribution is 5.92. The molecule has 0 bridgehead atoms. The standard InChI is InChI=1S/C19H31F5N4O4/c1-10(2)12(8-11(3)29)15(31)28-13(6-5-7-27-17(25)26)14(30)9-32-16(18(4,20)21)19(22,23)24/h10,12-13,16H,5-9H2,1-4H3,(H,28,31)(H4,25,26,27). The number of halogens is 5. The second kappa shape index (κ2) is 12.7. The summed E-state index contributed by atoms with van der Waals surface area (Å²) in [5, 5.41) is 2.39. The van der Waals surface area contributed by atoms with E-state index in [9.17, 15) is 36.3 Å². The molecule has 0 aliphatic heterocycles. The van der Waals surface area contributed by atoms with Gasteiger partial charge >= 0.3 is 6.18 Å². The number of nitrogens with two attached hydrogens (primary N) is 2. The molecule has 32 heavy (non-hydrogen) atoms. The van der Waals surface area contributed by atoms with Gasteiger partial charge in [-0.25, -0.2) is 8.78 Å². The fourth-order valence-electron chi connectivity index (χ4n) is 2.83. The molecule has 0 aromatic carbocycles. The molecule has 0 rings (SSSR count). The number of nitrogens with one attached hydrogen (secondary N) is 1. The minimum Gasteiger partial charge on any atom is -0.370 e. The van der Waals surface area contributed by atoms with Crippen LogP contribution in [0.15, 0.2) is 4.99 Å². The first-order valence-electron chi connectivity index (χ1n) is 9.90. The quantitative estimate of drug-likeness (QED) is 0.152. The van der Waals surface area contributed by atoms with Crippen molar-refractivity contribution in [1.29, 1.82) is 0 Å². The van der Waals surface area contributed by atoms with Crippen LogP contribution in [0.4, 0.5) is 22.0 Å². The van der Waals surface area contributed by atoms with Crippen molar-refractivity contribution in [2.45, 2.75) is 71.2 Å². The number of ether oxygens (including phenoxy) is 1. The zero-order chi connectivity index (χ0) is 25.3. The largest absolute Gasteiger partial charge is 0.420 e. The van der Waals surface area contributed by atoms with Gasteiger partial charge in [0.2, 0.25) is 12.0 Å². The Balaban J connectivity index is 5.45. The fourth-order valence-corrected chi connectivity index (χ4v) is 2.83. The van der Waals surface area contributed by atoms with Crippen molar-refractivity contribution < 1.29 is 41.1 Å². The summed E-state index contributed by atoms with van der Waals surface area (Å²) in [5.74, 6) is -7.54. The predicted octanol–water partition coefficient (Wildman–Crippen LogP) is 1.95. The summed E-state index contributed by atoms with van der Waals surface area (Å²) in [5.41, 5.74) is 10.4. The Morgan fingerprint density at radius 1 is 1.09 bits per heavy atom. The first-order chi connectivity index (χ1) is 14.5. The zero-order valence-corrected chi connectivity index (χ0v) is 18.5. The molecule has 0 radical (unpaired) electrons. The van der Waals surface area contributed by atoms with Gasteiger partial charge in [-0.15, -0.1) is 0 Å². The van der Waals surface area contributed by atoms with E-state index in [0.29, 0.717) is 0 Å². The van der Waals surface area contributed by atoms with Gasteiger partial charge in [-0.3, -0.25) is 14.6 Å². The number of alkyl halides is 5. The topological polar surface area (TPSA) is 137 Å². The molecule has 0 aromatic rings. The van der Waals surface area contributed by atoms with E-state index in [0.717, 1.165) is 0 Å². The third kappa shape index (κ3) is 11.3. The predicted molar refractivity (Wildman–Crippen MR) is 107 cm³/mol. The molecule has 0 spiro atoms. The molecule has 3 unspecified atom stereocenters. The van der Waals surface area contributed by atoms with Crippen molar-refractivity contribution in [2.24, 2.45) is 28.3 Å². The highest BCUT2D eigenvalue weighted by Crippen LogP contribution is 2.34. The van der Waals surface area contributed by atoms with Crippen LogP contribution in [-0.4, -0.2) is 60.8 Å². The van der Waals surface area contributed by atoms with Gasteiger partial charge in [-0.05, 0) is 25.7 Å². The van der Waals surface area contributed by atoms with Gasteiger partial charge < -0.3 is 26.3 Å². The molecule has 0 fully saturated rings. The van der Waals surface area contributed by atoms with Crippen molar-refractivity contribution in [3.05, 3.63) is 0 Å². The summed E-state index contributed by atoms with van der Waals surface area (Å²) in [6, 6.07) is -1.34. The molecule has 0 aliphatic carbocycles. The van der Waals surface area contributed by atoms with Crippen LogP contribution in [-0.2, 0) is 19.1 Å². The minimum absolute atomic E-state index is 0.0269. The van der Waals surface area contributed by atoms with Crippen LogP contribution in [0.1, 0.15) is 47.0 Å². The third-order valence-electron chi connectivity index (χ3n) is 4.45. The highest BCUT2D eigenvalue weighted by Gasteiger charge is 2.54.